The maximum atomic E-state index is 4.92. The van der Waals surface area contributed by atoms with E-state index in [1.165, 1.54) is 60.1 Å². The summed E-state index contributed by atoms with van der Waals surface area (Å²) in [5, 5.41) is 7.89. The Balaban J connectivity index is 1.06. The molecule has 0 amide bonds. The molecule has 0 saturated carbocycles. The predicted molar refractivity (Wildman–Crippen MR) is 212 cm³/mol. The van der Waals surface area contributed by atoms with Crippen molar-refractivity contribution in [2.45, 2.75) is 19.3 Å². The summed E-state index contributed by atoms with van der Waals surface area (Å²) in [5.41, 5.74) is 10.6. The first-order valence-electron chi connectivity index (χ1n) is 17.5. The normalized spacial score (nSPS) is 13.1. The first kappa shape index (κ1) is 29.5. The molecule has 1 heterocycles. The molecule has 0 radical (unpaired) electrons. The Morgan fingerprint density at radius 1 is 0.353 bits per heavy atom. The maximum Gasteiger partial charge on any atom is 0.164 e. The lowest BCUT2D eigenvalue weighted by Crippen LogP contribution is -2.16. The molecule has 0 fully saturated rings. The SMILES string of the molecule is CC1(C)c2c(ccc3cc(-c4ccc(-c5nc(-c6ccccc6)nc(-c6ccccc6)n5)cc4)ccc23)-c2c1c1ccccc1c1ccccc21. The fourth-order valence-electron chi connectivity index (χ4n) is 8.34. The van der Waals surface area contributed by atoms with Crippen molar-refractivity contribution in [2.24, 2.45) is 0 Å². The second-order valence-electron chi connectivity index (χ2n) is 14.0. The molecule has 0 spiro atoms. The van der Waals surface area contributed by atoms with Crippen molar-refractivity contribution in [2.75, 3.05) is 0 Å². The lowest BCUT2D eigenvalue weighted by atomic mass is 9.77. The summed E-state index contributed by atoms with van der Waals surface area (Å²) in [4.78, 5) is 14.7. The van der Waals surface area contributed by atoms with Crippen LogP contribution in [-0.2, 0) is 5.41 Å². The van der Waals surface area contributed by atoms with Gasteiger partial charge in [0.25, 0.3) is 0 Å². The highest BCUT2D eigenvalue weighted by molar-refractivity contribution is 6.19. The summed E-state index contributed by atoms with van der Waals surface area (Å²) < 4.78 is 0. The number of benzene rings is 8. The summed E-state index contributed by atoms with van der Waals surface area (Å²) in [6, 6.07) is 58.2. The molecule has 1 aromatic heterocycles. The van der Waals surface area contributed by atoms with Gasteiger partial charge in [-0.3, -0.25) is 0 Å². The Morgan fingerprint density at radius 3 is 1.43 bits per heavy atom. The molecule has 1 aliphatic rings. The molecule has 240 valence electrons. The first-order chi connectivity index (χ1) is 25.0. The molecule has 0 N–H and O–H groups in total. The van der Waals surface area contributed by atoms with E-state index in [1.54, 1.807) is 0 Å². The number of aromatic nitrogens is 3. The van der Waals surface area contributed by atoms with Crippen LogP contribution >= 0.6 is 0 Å². The maximum absolute atomic E-state index is 4.92. The van der Waals surface area contributed by atoms with E-state index in [0.717, 1.165) is 22.3 Å². The topological polar surface area (TPSA) is 38.7 Å². The predicted octanol–water partition coefficient (Wildman–Crippen LogP) is 12.3. The van der Waals surface area contributed by atoms with Crippen molar-refractivity contribution < 1.29 is 0 Å². The Morgan fingerprint density at radius 2 is 0.824 bits per heavy atom. The molecule has 9 aromatic rings. The average molecular weight is 652 g/mol. The molecule has 0 saturated heterocycles. The van der Waals surface area contributed by atoms with E-state index in [4.69, 9.17) is 15.0 Å². The zero-order valence-electron chi connectivity index (χ0n) is 28.4. The third-order valence-electron chi connectivity index (χ3n) is 10.6. The quantitative estimate of drug-likeness (QED) is 0.178. The van der Waals surface area contributed by atoms with Crippen LogP contribution in [0.15, 0.2) is 164 Å². The summed E-state index contributed by atoms with van der Waals surface area (Å²) >= 11 is 0. The van der Waals surface area contributed by atoms with Crippen LogP contribution in [0.3, 0.4) is 0 Å². The number of hydrogen-bond donors (Lipinski definition) is 0. The smallest absolute Gasteiger partial charge is 0.164 e. The number of fused-ring (bicyclic) bond motifs is 10. The summed E-state index contributed by atoms with van der Waals surface area (Å²) in [7, 11) is 0. The second kappa shape index (κ2) is 11.3. The van der Waals surface area contributed by atoms with Crippen LogP contribution in [0.5, 0.6) is 0 Å². The van der Waals surface area contributed by atoms with Crippen LogP contribution in [0.25, 0.3) is 88.7 Å². The van der Waals surface area contributed by atoms with Gasteiger partial charge in [0.05, 0.1) is 0 Å². The third kappa shape index (κ3) is 4.62. The van der Waals surface area contributed by atoms with Crippen LogP contribution in [0.2, 0.25) is 0 Å². The molecule has 51 heavy (non-hydrogen) atoms. The van der Waals surface area contributed by atoms with Gasteiger partial charge in [0.1, 0.15) is 0 Å². The van der Waals surface area contributed by atoms with Crippen LogP contribution in [0.1, 0.15) is 25.0 Å². The zero-order valence-corrected chi connectivity index (χ0v) is 28.4. The fraction of sp³-hybridized carbons (Fsp3) is 0.0625. The van der Waals surface area contributed by atoms with E-state index >= 15 is 0 Å². The third-order valence-corrected chi connectivity index (χ3v) is 10.6. The highest BCUT2D eigenvalue weighted by atomic mass is 15.0. The van der Waals surface area contributed by atoms with Gasteiger partial charge in [-0.1, -0.05) is 172 Å². The van der Waals surface area contributed by atoms with E-state index in [9.17, 15) is 0 Å². The minimum absolute atomic E-state index is 0.154. The molecular formula is C48H33N3. The lowest BCUT2D eigenvalue weighted by molar-refractivity contribution is 0.672. The first-order valence-corrected chi connectivity index (χ1v) is 17.5. The van der Waals surface area contributed by atoms with Crippen molar-refractivity contribution >= 4 is 32.3 Å². The monoisotopic (exact) mass is 651 g/mol. The van der Waals surface area contributed by atoms with Crippen molar-refractivity contribution in [3.8, 4) is 56.4 Å². The number of nitrogens with zero attached hydrogens (tertiary/aromatic N) is 3. The van der Waals surface area contributed by atoms with Gasteiger partial charge in [-0.15, -0.1) is 0 Å². The molecule has 0 bridgehead atoms. The Kier molecular flexibility index (Phi) is 6.53. The van der Waals surface area contributed by atoms with E-state index in [2.05, 4.69) is 117 Å². The zero-order chi connectivity index (χ0) is 34.1. The Labute approximate surface area is 297 Å². The van der Waals surface area contributed by atoms with Crippen molar-refractivity contribution in [3.05, 3.63) is 175 Å². The Hall–Kier alpha value is -6.45. The van der Waals surface area contributed by atoms with Crippen molar-refractivity contribution in [3.63, 3.8) is 0 Å². The molecule has 3 nitrogen and oxygen atoms in total. The lowest BCUT2D eigenvalue weighted by Gasteiger charge is -2.25. The molecule has 0 atom stereocenters. The molecule has 3 heteroatoms. The summed E-state index contributed by atoms with van der Waals surface area (Å²) in [6.07, 6.45) is 0. The van der Waals surface area contributed by atoms with E-state index in [0.29, 0.717) is 17.5 Å². The summed E-state index contributed by atoms with van der Waals surface area (Å²) in [6.45, 7) is 4.80. The van der Waals surface area contributed by atoms with Gasteiger partial charge < -0.3 is 0 Å². The number of hydrogen-bond acceptors (Lipinski definition) is 3. The van der Waals surface area contributed by atoms with Crippen molar-refractivity contribution in [1.29, 1.82) is 0 Å². The molecule has 0 unspecified atom stereocenters. The van der Waals surface area contributed by atoms with Crippen molar-refractivity contribution in [1.82, 2.24) is 15.0 Å². The van der Waals surface area contributed by atoms with Gasteiger partial charge in [0.15, 0.2) is 17.5 Å². The fourth-order valence-corrected chi connectivity index (χ4v) is 8.34. The van der Waals surface area contributed by atoms with Crippen LogP contribution in [-0.4, -0.2) is 15.0 Å². The van der Waals surface area contributed by atoms with Gasteiger partial charge in [0.2, 0.25) is 0 Å². The van der Waals surface area contributed by atoms with Gasteiger partial charge in [-0.05, 0) is 71.8 Å². The van der Waals surface area contributed by atoms with E-state index in [1.807, 2.05) is 60.7 Å². The largest absolute Gasteiger partial charge is 0.208 e. The Bertz CT molecular complexity index is 2740. The average Bonchev–Trinajstić information content (AvgIpc) is 3.45. The molecule has 10 rings (SSSR count). The highest BCUT2D eigenvalue weighted by Gasteiger charge is 2.39. The van der Waals surface area contributed by atoms with Crippen LogP contribution in [0.4, 0.5) is 0 Å². The van der Waals surface area contributed by atoms with E-state index in [-0.39, 0.29) is 5.41 Å². The summed E-state index contributed by atoms with van der Waals surface area (Å²) in [5.74, 6) is 1.98. The van der Waals surface area contributed by atoms with Crippen LogP contribution < -0.4 is 0 Å². The minimum Gasteiger partial charge on any atom is -0.208 e. The van der Waals surface area contributed by atoms with E-state index < -0.39 is 0 Å². The van der Waals surface area contributed by atoms with Gasteiger partial charge in [0, 0.05) is 22.1 Å². The molecule has 1 aliphatic carbocycles. The standard InChI is InChI=1S/C48H33N3/c1-48(2)43-36-27-25-34(29-35(36)26-28-41(43)42-39-19-11-9-17-37(39)38-18-10-12-20-40(38)44(42)48)30-21-23-33(24-22-30)47-50-45(31-13-5-3-6-14-31)49-46(51-47)32-15-7-4-8-16-32/h3-29H,1-2H3. The number of rotatable bonds is 4. The molecular weight excluding hydrogens is 619 g/mol. The van der Waals surface area contributed by atoms with Gasteiger partial charge in [-0.2, -0.15) is 0 Å². The van der Waals surface area contributed by atoms with Gasteiger partial charge in [-0.25, -0.2) is 15.0 Å². The minimum atomic E-state index is -0.154. The molecule has 0 aliphatic heterocycles. The molecule has 8 aromatic carbocycles. The van der Waals surface area contributed by atoms with Crippen LogP contribution in [0, 0.1) is 0 Å². The van der Waals surface area contributed by atoms with Gasteiger partial charge >= 0.3 is 0 Å². The second-order valence-corrected chi connectivity index (χ2v) is 14.0. The highest BCUT2D eigenvalue weighted by Crippen LogP contribution is 2.56.